The van der Waals surface area contributed by atoms with Crippen molar-refractivity contribution in [2.24, 2.45) is 5.73 Å². The lowest BCUT2D eigenvalue weighted by Gasteiger charge is -2.27. The van der Waals surface area contributed by atoms with Gasteiger partial charge < -0.3 is 10.6 Å². The standard InChI is InChI=1S/C16H24N2/c1-12(17)10-13-11-18(14-6-2-3-7-14)16-9-5-4-8-15(13)16/h4-5,8-9,12-14H,2-3,6-7,10-11,17H2,1H3. The first kappa shape index (κ1) is 12.0. The van der Waals surface area contributed by atoms with Crippen LogP contribution in [0.4, 0.5) is 5.69 Å². The molecular formula is C16H24N2. The van der Waals surface area contributed by atoms with Gasteiger partial charge in [0.15, 0.2) is 0 Å². The number of benzene rings is 1. The van der Waals surface area contributed by atoms with Crippen molar-refractivity contribution in [3.05, 3.63) is 29.8 Å². The summed E-state index contributed by atoms with van der Waals surface area (Å²) in [5.41, 5.74) is 9.02. The maximum atomic E-state index is 6.01. The maximum absolute atomic E-state index is 6.01. The third-order valence-corrected chi connectivity index (χ3v) is 4.52. The van der Waals surface area contributed by atoms with Crippen molar-refractivity contribution in [2.45, 2.75) is 57.0 Å². The topological polar surface area (TPSA) is 29.3 Å². The van der Waals surface area contributed by atoms with Gasteiger partial charge in [-0.2, -0.15) is 0 Å². The van der Waals surface area contributed by atoms with E-state index in [-0.39, 0.29) is 0 Å². The first-order valence-corrected chi connectivity index (χ1v) is 7.37. The molecule has 98 valence electrons. The molecule has 2 unspecified atom stereocenters. The zero-order valence-corrected chi connectivity index (χ0v) is 11.3. The maximum Gasteiger partial charge on any atom is 0.0405 e. The summed E-state index contributed by atoms with van der Waals surface area (Å²) in [4.78, 5) is 2.66. The van der Waals surface area contributed by atoms with Crippen LogP contribution >= 0.6 is 0 Å². The highest BCUT2D eigenvalue weighted by Gasteiger charge is 2.33. The quantitative estimate of drug-likeness (QED) is 0.884. The molecule has 0 spiro atoms. The van der Waals surface area contributed by atoms with Crippen molar-refractivity contribution < 1.29 is 0 Å². The van der Waals surface area contributed by atoms with Gasteiger partial charge in [0.1, 0.15) is 0 Å². The number of nitrogens with zero attached hydrogens (tertiary/aromatic N) is 1. The van der Waals surface area contributed by atoms with Crippen LogP contribution in [0.5, 0.6) is 0 Å². The Labute approximate surface area is 110 Å². The number of nitrogens with two attached hydrogens (primary N) is 1. The molecule has 1 heterocycles. The molecule has 0 amide bonds. The Bertz CT molecular complexity index is 407. The molecule has 1 aliphatic heterocycles. The van der Waals surface area contributed by atoms with Crippen molar-refractivity contribution in [1.82, 2.24) is 0 Å². The fourth-order valence-electron chi connectivity index (χ4n) is 3.74. The Morgan fingerprint density at radius 2 is 2.00 bits per heavy atom. The molecule has 1 aromatic rings. The second-order valence-corrected chi connectivity index (χ2v) is 6.06. The van der Waals surface area contributed by atoms with E-state index >= 15 is 0 Å². The SMILES string of the molecule is CC(N)CC1CN(C2CCCC2)c2ccccc21. The van der Waals surface area contributed by atoms with E-state index in [1.54, 1.807) is 0 Å². The van der Waals surface area contributed by atoms with Crippen LogP contribution in [0, 0.1) is 0 Å². The fraction of sp³-hybridized carbons (Fsp3) is 0.625. The Morgan fingerprint density at radius 3 is 2.72 bits per heavy atom. The second kappa shape index (κ2) is 4.93. The van der Waals surface area contributed by atoms with Crippen molar-refractivity contribution in [3.63, 3.8) is 0 Å². The van der Waals surface area contributed by atoms with Gasteiger partial charge in [-0.1, -0.05) is 31.0 Å². The first-order valence-electron chi connectivity index (χ1n) is 7.37. The van der Waals surface area contributed by atoms with Crippen LogP contribution in [0.2, 0.25) is 0 Å². The molecule has 1 saturated carbocycles. The monoisotopic (exact) mass is 244 g/mol. The predicted molar refractivity (Wildman–Crippen MR) is 77.1 cm³/mol. The van der Waals surface area contributed by atoms with E-state index in [9.17, 15) is 0 Å². The highest BCUT2D eigenvalue weighted by atomic mass is 15.2. The Hall–Kier alpha value is -1.02. The van der Waals surface area contributed by atoms with Crippen LogP contribution in [0.3, 0.4) is 0 Å². The Kier molecular flexibility index (Phi) is 3.29. The molecule has 2 heteroatoms. The van der Waals surface area contributed by atoms with Crippen LogP contribution in [-0.4, -0.2) is 18.6 Å². The van der Waals surface area contributed by atoms with Crippen LogP contribution in [0.1, 0.15) is 50.5 Å². The number of hydrogen-bond donors (Lipinski definition) is 1. The fourth-order valence-corrected chi connectivity index (χ4v) is 3.74. The smallest absolute Gasteiger partial charge is 0.0405 e. The molecule has 2 aliphatic rings. The summed E-state index contributed by atoms with van der Waals surface area (Å²) < 4.78 is 0. The summed E-state index contributed by atoms with van der Waals surface area (Å²) in [6, 6.07) is 10.0. The van der Waals surface area contributed by atoms with E-state index in [0.29, 0.717) is 12.0 Å². The van der Waals surface area contributed by atoms with E-state index in [4.69, 9.17) is 5.73 Å². The number of para-hydroxylation sites is 1. The lowest BCUT2D eigenvalue weighted by molar-refractivity contribution is 0.536. The third-order valence-electron chi connectivity index (χ3n) is 4.52. The number of rotatable bonds is 3. The minimum atomic E-state index is 0.298. The summed E-state index contributed by atoms with van der Waals surface area (Å²) in [6.07, 6.45) is 6.67. The number of anilines is 1. The summed E-state index contributed by atoms with van der Waals surface area (Å²) >= 11 is 0. The van der Waals surface area contributed by atoms with E-state index in [1.165, 1.54) is 43.5 Å². The molecule has 2 atom stereocenters. The van der Waals surface area contributed by atoms with Gasteiger partial charge in [0, 0.05) is 30.2 Å². The molecule has 1 fully saturated rings. The molecule has 0 bridgehead atoms. The molecule has 1 aliphatic carbocycles. The molecule has 2 nitrogen and oxygen atoms in total. The number of hydrogen-bond acceptors (Lipinski definition) is 2. The lowest BCUT2D eigenvalue weighted by Crippen LogP contribution is -2.32. The van der Waals surface area contributed by atoms with Crippen molar-refractivity contribution in [2.75, 3.05) is 11.4 Å². The normalized spacial score (nSPS) is 25.4. The molecular weight excluding hydrogens is 220 g/mol. The molecule has 0 radical (unpaired) electrons. The molecule has 0 aromatic heterocycles. The first-order chi connectivity index (χ1) is 8.75. The molecule has 3 rings (SSSR count). The van der Waals surface area contributed by atoms with Crippen LogP contribution in [-0.2, 0) is 0 Å². The molecule has 0 saturated heterocycles. The zero-order valence-electron chi connectivity index (χ0n) is 11.3. The summed E-state index contributed by atoms with van der Waals surface area (Å²) in [6.45, 7) is 3.31. The highest BCUT2D eigenvalue weighted by molar-refractivity contribution is 5.61. The predicted octanol–water partition coefficient (Wildman–Crippen LogP) is 3.27. The van der Waals surface area contributed by atoms with Gasteiger partial charge in [0.25, 0.3) is 0 Å². The van der Waals surface area contributed by atoms with Gasteiger partial charge in [-0.25, -0.2) is 0 Å². The average Bonchev–Trinajstić information content (AvgIpc) is 2.96. The van der Waals surface area contributed by atoms with E-state index in [1.807, 2.05) is 0 Å². The Morgan fingerprint density at radius 1 is 1.28 bits per heavy atom. The molecule has 1 aromatic carbocycles. The van der Waals surface area contributed by atoms with Crippen LogP contribution in [0.25, 0.3) is 0 Å². The largest absolute Gasteiger partial charge is 0.368 e. The second-order valence-electron chi connectivity index (χ2n) is 6.06. The van der Waals surface area contributed by atoms with E-state index < -0.39 is 0 Å². The van der Waals surface area contributed by atoms with E-state index in [0.717, 1.165) is 12.5 Å². The lowest BCUT2D eigenvalue weighted by atomic mass is 9.95. The molecule has 18 heavy (non-hydrogen) atoms. The van der Waals surface area contributed by atoms with Crippen molar-refractivity contribution >= 4 is 5.69 Å². The van der Waals surface area contributed by atoms with E-state index in [2.05, 4.69) is 36.1 Å². The Balaban J connectivity index is 1.86. The summed E-state index contributed by atoms with van der Waals surface area (Å²) in [7, 11) is 0. The van der Waals surface area contributed by atoms with Crippen molar-refractivity contribution in [3.8, 4) is 0 Å². The van der Waals surface area contributed by atoms with Gasteiger partial charge >= 0.3 is 0 Å². The average molecular weight is 244 g/mol. The van der Waals surface area contributed by atoms with Gasteiger partial charge in [-0.3, -0.25) is 0 Å². The van der Waals surface area contributed by atoms with Crippen LogP contribution < -0.4 is 10.6 Å². The minimum Gasteiger partial charge on any atom is -0.368 e. The van der Waals surface area contributed by atoms with Gasteiger partial charge in [-0.05, 0) is 37.8 Å². The minimum absolute atomic E-state index is 0.298. The van der Waals surface area contributed by atoms with Crippen molar-refractivity contribution in [1.29, 1.82) is 0 Å². The zero-order chi connectivity index (χ0) is 12.5. The third kappa shape index (κ3) is 2.14. The van der Waals surface area contributed by atoms with Gasteiger partial charge in [0.05, 0.1) is 0 Å². The van der Waals surface area contributed by atoms with Gasteiger partial charge in [0.2, 0.25) is 0 Å². The van der Waals surface area contributed by atoms with Crippen LogP contribution in [0.15, 0.2) is 24.3 Å². The molecule has 2 N–H and O–H groups in total. The highest BCUT2D eigenvalue weighted by Crippen LogP contribution is 2.42. The summed E-state index contributed by atoms with van der Waals surface area (Å²) in [5.74, 6) is 0.641. The summed E-state index contributed by atoms with van der Waals surface area (Å²) in [5, 5.41) is 0. The van der Waals surface area contributed by atoms with Gasteiger partial charge in [-0.15, -0.1) is 0 Å². The number of fused-ring (bicyclic) bond motifs is 1.